The third kappa shape index (κ3) is 5.83. The zero-order valence-corrected chi connectivity index (χ0v) is 19.6. The quantitative estimate of drug-likeness (QED) is 0.580. The molecule has 31 heavy (non-hydrogen) atoms. The van der Waals surface area contributed by atoms with Crippen LogP contribution in [0.4, 0.5) is 11.5 Å². The summed E-state index contributed by atoms with van der Waals surface area (Å²) in [6.45, 7) is 7.86. The third-order valence-electron chi connectivity index (χ3n) is 4.60. The molecule has 0 spiro atoms. The fraction of sp³-hybridized carbons (Fsp3) is 0.476. The van der Waals surface area contributed by atoms with Crippen LogP contribution in [0.25, 0.3) is 0 Å². The molecule has 0 saturated heterocycles. The number of nitrogens with two attached hydrogens (primary N) is 1. The van der Waals surface area contributed by atoms with E-state index in [-0.39, 0.29) is 34.7 Å². The van der Waals surface area contributed by atoms with E-state index in [9.17, 15) is 14.4 Å². The van der Waals surface area contributed by atoms with Gasteiger partial charge in [-0.2, -0.15) is 0 Å². The Morgan fingerprint density at radius 1 is 1.26 bits per heavy atom. The number of rotatable bonds is 9. The molecule has 8 nitrogen and oxygen atoms in total. The van der Waals surface area contributed by atoms with Gasteiger partial charge in [-0.1, -0.05) is 56.5 Å². The monoisotopic (exact) mass is 470 g/mol. The van der Waals surface area contributed by atoms with Crippen LogP contribution in [0.3, 0.4) is 0 Å². The number of aromatic amines is 1. The zero-order chi connectivity index (χ0) is 23.3. The van der Waals surface area contributed by atoms with Crippen molar-refractivity contribution in [2.24, 2.45) is 5.92 Å². The van der Waals surface area contributed by atoms with Gasteiger partial charge in [0.25, 0.3) is 11.5 Å². The molecule has 1 atom stereocenters. The van der Waals surface area contributed by atoms with Gasteiger partial charge in [-0.15, -0.1) is 0 Å². The maximum atomic E-state index is 13.3. The van der Waals surface area contributed by atoms with Crippen molar-refractivity contribution in [2.45, 2.75) is 53.2 Å². The van der Waals surface area contributed by atoms with Crippen molar-refractivity contribution in [3.8, 4) is 5.75 Å². The number of benzene rings is 1. The zero-order valence-electron chi connectivity index (χ0n) is 18.1. The molecule has 2 rings (SSSR count). The molecule has 10 heteroatoms. The Morgan fingerprint density at radius 2 is 1.94 bits per heavy atom. The van der Waals surface area contributed by atoms with Gasteiger partial charge in [-0.3, -0.25) is 19.1 Å². The molecule has 3 N–H and O–H groups in total. The van der Waals surface area contributed by atoms with Crippen molar-refractivity contribution in [1.82, 2.24) is 9.55 Å². The van der Waals surface area contributed by atoms with Gasteiger partial charge in [0.05, 0.1) is 5.02 Å². The van der Waals surface area contributed by atoms with Crippen molar-refractivity contribution in [1.29, 1.82) is 0 Å². The van der Waals surface area contributed by atoms with E-state index < -0.39 is 23.3 Å². The minimum atomic E-state index is -0.996. The normalized spacial score (nSPS) is 12.1. The minimum Gasteiger partial charge on any atom is -0.479 e. The molecule has 1 aromatic heterocycles. The lowest BCUT2D eigenvalue weighted by molar-refractivity contribution is -0.124. The second-order valence-electron chi connectivity index (χ2n) is 7.65. The highest BCUT2D eigenvalue weighted by Crippen LogP contribution is 2.32. The molecule has 0 aliphatic carbocycles. The van der Waals surface area contributed by atoms with Crippen molar-refractivity contribution in [2.75, 3.05) is 17.2 Å². The second-order valence-corrected chi connectivity index (χ2v) is 8.44. The van der Waals surface area contributed by atoms with Gasteiger partial charge < -0.3 is 15.4 Å². The SMILES string of the molecule is CCCCn1c(N)c(N(CC(C)C)C(=O)C(C)Oc2cccc(Cl)c2Cl)c(=O)[nH]c1=O. The number of H-pyrrole nitrogens is 1. The van der Waals surface area contributed by atoms with Gasteiger partial charge >= 0.3 is 5.69 Å². The second kappa shape index (κ2) is 10.7. The highest BCUT2D eigenvalue weighted by Gasteiger charge is 2.29. The molecule has 2 aromatic rings. The summed E-state index contributed by atoms with van der Waals surface area (Å²) in [4.78, 5) is 41.8. The summed E-state index contributed by atoms with van der Waals surface area (Å²) >= 11 is 12.2. The highest BCUT2D eigenvalue weighted by atomic mass is 35.5. The Kier molecular flexibility index (Phi) is 8.59. The molecule has 0 bridgehead atoms. The maximum absolute atomic E-state index is 13.3. The summed E-state index contributed by atoms with van der Waals surface area (Å²) in [5.74, 6) is -0.290. The van der Waals surface area contributed by atoms with E-state index in [0.29, 0.717) is 18.0 Å². The maximum Gasteiger partial charge on any atom is 0.330 e. The Hall–Kier alpha value is -2.45. The van der Waals surface area contributed by atoms with Crippen LogP contribution >= 0.6 is 23.2 Å². The van der Waals surface area contributed by atoms with Crippen molar-refractivity contribution in [3.05, 3.63) is 49.1 Å². The Bertz CT molecular complexity index is 1050. The fourth-order valence-corrected chi connectivity index (χ4v) is 3.40. The summed E-state index contributed by atoms with van der Waals surface area (Å²) in [7, 11) is 0. The first-order valence-electron chi connectivity index (χ1n) is 10.1. The summed E-state index contributed by atoms with van der Waals surface area (Å²) in [5.41, 5.74) is 4.81. The highest BCUT2D eigenvalue weighted by molar-refractivity contribution is 6.42. The number of nitrogens with one attached hydrogen (secondary N) is 1. The third-order valence-corrected chi connectivity index (χ3v) is 5.40. The molecule has 1 heterocycles. The van der Waals surface area contributed by atoms with E-state index in [2.05, 4.69) is 4.98 Å². The predicted octanol–water partition coefficient (Wildman–Crippen LogP) is 3.68. The number of unbranched alkanes of at least 4 members (excludes halogenated alkanes) is 1. The molecule has 0 aliphatic rings. The van der Waals surface area contributed by atoms with Crippen LogP contribution in [0.1, 0.15) is 40.5 Å². The lowest BCUT2D eigenvalue weighted by atomic mass is 10.1. The fourth-order valence-electron chi connectivity index (χ4n) is 3.07. The molecular weight excluding hydrogens is 443 g/mol. The number of nitrogen functional groups attached to an aromatic ring is 1. The molecular formula is C21H28Cl2N4O4. The van der Waals surface area contributed by atoms with Crippen LogP contribution in [0, 0.1) is 5.92 Å². The number of hydrogen-bond acceptors (Lipinski definition) is 5. The first-order valence-corrected chi connectivity index (χ1v) is 10.9. The predicted molar refractivity (Wildman–Crippen MR) is 124 cm³/mol. The number of aromatic nitrogens is 2. The average molecular weight is 471 g/mol. The molecule has 1 unspecified atom stereocenters. The number of halogens is 2. The van der Waals surface area contributed by atoms with Crippen molar-refractivity contribution in [3.63, 3.8) is 0 Å². The van der Waals surface area contributed by atoms with E-state index in [1.54, 1.807) is 25.1 Å². The van der Waals surface area contributed by atoms with Gasteiger partial charge in [0.1, 0.15) is 16.6 Å². The van der Waals surface area contributed by atoms with E-state index >= 15 is 0 Å². The van der Waals surface area contributed by atoms with E-state index in [0.717, 1.165) is 6.42 Å². The smallest absolute Gasteiger partial charge is 0.330 e. The van der Waals surface area contributed by atoms with Gasteiger partial charge in [0.15, 0.2) is 11.8 Å². The topological polar surface area (TPSA) is 110 Å². The summed E-state index contributed by atoms with van der Waals surface area (Å²) in [6, 6.07) is 4.85. The van der Waals surface area contributed by atoms with Crippen LogP contribution in [0.15, 0.2) is 27.8 Å². The van der Waals surface area contributed by atoms with Crippen LogP contribution in [-0.4, -0.2) is 28.1 Å². The van der Waals surface area contributed by atoms with Gasteiger partial charge in [0, 0.05) is 13.1 Å². The number of ether oxygens (including phenoxy) is 1. The van der Waals surface area contributed by atoms with Crippen LogP contribution in [0.2, 0.25) is 10.0 Å². The van der Waals surface area contributed by atoms with Gasteiger partial charge in [-0.25, -0.2) is 4.79 Å². The lowest BCUT2D eigenvalue weighted by Crippen LogP contribution is -2.47. The molecule has 1 aromatic carbocycles. The Balaban J connectivity index is 2.48. The van der Waals surface area contributed by atoms with Crippen LogP contribution in [0.5, 0.6) is 5.75 Å². The van der Waals surface area contributed by atoms with E-state index in [1.807, 2.05) is 20.8 Å². The average Bonchev–Trinajstić information content (AvgIpc) is 2.69. The van der Waals surface area contributed by atoms with Crippen molar-refractivity contribution >= 4 is 40.6 Å². The molecule has 0 aliphatic heterocycles. The number of nitrogens with zero attached hydrogens (tertiary/aromatic N) is 2. The number of carbonyl (C=O) groups excluding carboxylic acids is 1. The summed E-state index contributed by atoms with van der Waals surface area (Å²) < 4.78 is 7.02. The van der Waals surface area contributed by atoms with Crippen LogP contribution < -0.4 is 26.6 Å². The van der Waals surface area contributed by atoms with E-state index in [4.69, 9.17) is 33.7 Å². The Labute approximate surface area is 190 Å². The van der Waals surface area contributed by atoms with Crippen LogP contribution in [-0.2, 0) is 11.3 Å². The standard InChI is InChI=1S/C21H28Cl2N4O4/c1-5-6-10-26-18(24)17(19(28)25-21(26)30)27(11-12(2)3)20(29)13(4)31-15-9-7-8-14(22)16(15)23/h7-9,12-13H,5-6,10-11,24H2,1-4H3,(H,25,28,30). The van der Waals surface area contributed by atoms with Gasteiger partial charge in [0.2, 0.25) is 0 Å². The minimum absolute atomic E-state index is 0.0146. The van der Waals surface area contributed by atoms with Crippen molar-refractivity contribution < 1.29 is 9.53 Å². The molecule has 170 valence electrons. The Morgan fingerprint density at radius 3 is 2.55 bits per heavy atom. The number of carbonyl (C=O) groups is 1. The molecule has 1 amide bonds. The number of amides is 1. The molecule has 0 saturated carbocycles. The van der Waals surface area contributed by atoms with Gasteiger partial charge in [-0.05, 0) is 31.4 Å². The largest absolute Gasteiger partial charge is 0.479 e. The lowest BCUT2D eigenvalue weighted by Gasteiger charge is -2.28. The number of anilines is 2. The summed E-state index contributed by atoms with van der Waals surface area (Å²) in [5, 5.41) is 0.478. The van der Waals surface area contributed by atoms with E-state index in [1.165, 1.54) is 9.47 Å². The summed E-state index contributed by atoms with van der Waals surface area (Å²) in [6.07, 6.45) is 0.533. The first kappa shape index (κ1) is 24.8. The molecule has 0 fully saturated rings. The molecule has 0 radical (unpaired) electrons. The number of hydrogen-bond donors (Lipinski definition) is 2. The first-order chi connectivity index (χ1) is 14.6.